The van der Waals surface area contributed by atoms with Crippen LogP contribution in [-0.4, -0.2) is 26.1 Å². The number of aliphatic hydroxyl groups excluding tert-OH is 1. The fraction of sp³-hybridized carbons (Fsp3) is 0.667. The third kappa shape index (κ3) is 8.39. The predicted octanol–water partition coefficient (Wildman–Crippen LogP) is 5.23. The Kier molecular flexibility index (Phi) is 9.10. The van der Waals surface area contributed by atoms with E-state index in [1.807, 2.05) is 0 Å². The van der Waals surface area contributed by atoms with Gasteiger partial charge in [0.2, 0.25) is 0 Å². The van der Waals surface area contributed by atoms with Crippen molar-refractivity contribution < 1.29 is 9.53 Å². The van der Waals surface area contributed by atoms with Crippen LogP contribution in [0.2, 0.25) is 18.1 Å². The van der Waals surface area contributed by atoms with Crippen molar-refractivity contribution in [2.75, 3.05) is 6.61 Å². The molecule has 2 nitrogen and oxygen atoms in total. The minimum Gasteiger partial charge on any atom is -0.413 e. The van der Waals surface area contributed by atoms with Gasteiger partial charge in [-0.2, -0.15) is 0 Å². The zero-order valence-electron chi connectivity index (χ0n) is 14.8. The second-order valence-electron chi connectivity index (χ2n) is 7.02. The first-order valence-corrected chi connectivity index (χ1v) is 10.8. The Balaban J connectivity index is 4.67. The maximum absolute atomic E-state index is 9.52. The lowest BCUT2D eigenvalue weighted by Crippen LogP contribution is -2.41. The summed E-state index contributed by atoms with van der Waals surface area (Å²) in [6.45, 7) is 17.7. The minimum absolute atomic E-state index is 0.228. The summed E-state index contributed by atoms with van der Waals surface area (Å²) in [6, 6.07) is 0. The highest BCUT2D eigenvalue weighted by molar-refractivity contribution is 6.74. The smallest absolute Gasteiger partial charge is 0.192 e. The van der Waals surface area contributed by atoms with Gasteiger partial charge in [-0.05, 0) is 43.0 Å². The molecule has 0 saturated heterocycles. The lowest BCUT2D eigenvalue weighted by Gasteiger charge is -2.36. The van der Waals surface area contributed by atoms with Crippen molar-refractivity contribution in [3.8, 4) is 0 Å². The first kappa shape index (κ1) is 20.4. The number of aliphatic hydroxyl groups is 1. The average molecular weight is 311 g/mol. The van der Waals surface area contributed by atoms with Crippen LogP contribution < -0.4 is 0 Å². The molecule has 1 atom stereocenters. The van der Waals surface area contributed by atoms with Gasteiger partial charge in [-0.3, -0.25) is 0 Å². The van der Waals surface area contributed by atoms with Crippen molar-refractivity contribution in [3.05, 3.63) is 36.5 Å². The Morgan fingerprint density at radius 2 is 1.95 bits per heavy atom. The van der Waals surface area contributed by atoms with Gasteiger partial charge >= 0.3 is 0 Å². The standard InChI is InChI=1S/C18H34O2Si/c1-8-10-12-16(13-11-14-17(19)9-2)15-20-21(6,7)18(3,4)5/h9-10,12-13,17,19H,2,8,11,14-15H2,1,3-7H3/b12-10+,16-13-. The van der Waals surface area contributed by atoms with Gasteiger partial charge in [0.05, 0.1) is 12.7 Å². The molecule has 0 radical (unpaired) electrons. The van der Waals surface area contributed by atoms with Gasteiger partial charge in [0.15, 0.2) is 8.32 Å². The Morgan fingerprint density at radius 1 is 1.33 bits per heavy atom. The van der Waals surface area contributed by atoms with Gasteiger partial charge in [-0.15, -0.1) is 6.58 Å². The van der Waals surface area contributed by atoms with Crippen molar-refractivity contribution in [2.24, 2.45) is 0 Å². The van der Waals surface area contributed by atoms with E-state index >= 15 is 0 Å². The number of allylic oxidation sites excluding steroid dienone is 2. The highest BCUT2D eigenvalue weighted by atomic mass is 28.4. The van der Waals surface area contributed by atoms with Gasteiger partial charge in [-0.25, -0.2) is 0 Å². The van der Waals surface area contributed by atoms with Crippen LogP contribution in [0.3, 0.4) is 0 Å². The molecule has 1 unspecified atom stereocenters. The van der Waals surface area contributed by atoms with E-state index in [2.05, 4.69) is 65.6 Å². The maximum Gasteiger partial charge on any atom is 0.192 e. The predicted molar refractivity (Wildman–Crippen MR) is 96.1 cm³/mol. The quantitative estimate of drug-likeness (QED) is 0.359. The molecule has 1 N–H and O–H groups in total. The van der Waals surface area contributed by atoms with Crippen molar-refractivity contribution in [1.82, 2.24) is 0 Å². The summed E-state index contributed by atoms with van der Waals surface area (Å²) >= 11 is 0. The van der Waals surface area contributed by atoms with Crippen LogP contribution in [0.4, 0.5) is 0 Å². The largest absolute Gasteiger partial charge is 0.413 e. The molecular formula is C18H34O2Si. The molecule has 0 aliphatic rings. The molecule has 21 heavy (non-hydrogen) atoms. The Hall–Kier alpha value is -0.643. The van der Waals surface area contributed by atoms with Crippen LogP contribution in [0.1, 0.15) is 47.0 Å². The molecule has 0 spiro atoms. The molecule has 0 saturated carbocycles. The Labute approximate surface area is 132 Å². The van der Waals surface area contributed by atoms with Crippen molar-refractivity contribution >= 4 is 8.32 Å². The summed E-state index contributed by atoms with van der Waals surface area (Å²) in [5.41, 5.74) is 1.21. The zero-order valence-corrected chi connectivity index (χ0v) is 15.8. The van der Waals surface area contributed by atoms with Crippen LogP contribution in [0.25, 0.3) is 0 Å². The molecule has 0 heterocycles. The van der Waals surface area contributed by atoms with Crippen molar-refractivity contribution in [1.29, 1.82) is 0 Å². The van der Waals surface area contributed by atoms with E-state index in [-0.39, 0.29) is 5.04 Å². The maximum atomic E-state index is 9.52. The van der Waals surface area contributed by atoms with Crippen LogP contribution in [0, 0.1) is 0 Å². The second-order valence-corrected chi connectivity index (χ2v) is 11.8. The topological polar surface area (TPSA) is 29.5 Å². The van der Waals surface area contributed by atoms with E-state index in [1.54, 1.807) is 6.08 Å². The zero-order chi connectivity index (χ0) is 16.5. The van der Waals surface area contributed by atoms with Crippen LogP contribution in [0.15, 0.2) is 36.5 Å². The molecular weight excluding hydrogens is 276 g/mol. The van der Waals surface area contributed by atoms with Gasteiger partial charge in [0.1, 0.15) is 0 Å². The lowest BCUT2D eigenvalue weighted by atomic mass is 10.1. The summed E-state index contributed by atoms with van der Waals surface area (Å²) in [6.07, 6.45) is 10.2. The summed E-state index contributed by atoms with van der Waals surface area (Å²) in [7, 11) is -1.72. The van der Waals surface area contributed by atoms with E-state index in [1.165, 1.54) is 5.57 Å². The molecule has 0 aromatic carbocycles. The average Bonchev–Trinajstić information content (AvgIpc) is 2.39. The number of hydrogen-bond donors (Lipinski definition) is 1. The summed E-state index contributed by atoms with van der Waals surface area (Å²) in [4.78, 5) is 0. The van der Waals surface area contributed by atoms with E-state index in [9.17, 15) is 5.11 Å². The summed E-state index contributed by atoms with van der Waals surface area (Å²) in [5, 5.41) is 9.75. The molecule has 0 aromatic rings. The normalized spacial score (nSPS) is 15.5. The van der Waals surface area contributed by atoms with Gasteiger partial charge in [0, 0.05) is 0 Å². The molecule has 0 aliphatic heterocycles. The number of hydrogen-bond acceptors (Lipinski definition) is 2. The van der Waals surface area contributed by atoms with E-state index in [4.69, 9.17) is 4.43 Å². The Bertz CT molecular complexity index is 362. The highest BCUT2D eigenvalue weighted by Crippen LogP contribution is 2.36. The molecule has 0 aliphatic carbocycles. The molecule has 3 heteroatoms. The fourth-order valence-corrected chi connectivity index (χ4v) is 2.44. The Morgan fingerprint density at radius 3 is 2.43 bits per heavy atom. The van der Waals surface area contributed by atoms with E-state index < -0.39 is 14.4 Å². The third-order valence-electron chi connectivity index (χ3n) is 4.11. The second kappa shape index (κ2) is 9.39. The van der Waals surface area contributed by atoms with Crippen LogP contribution in [-0.2, 0) is 4.43 Å². The molecule has 0 aromatic heterocycles. The van der Waals surface area contributed by atoms with Crippen molar-refractivity contribution in [3.63, 3.8) is 0 Å². The molecule has 0 fully saturated rings. The molecule has 0 rings (SSSR count). The minimum atomic E-state index is -1.72. The van der Waals surface area contributed by atoms with Crippen LogP contribution >= 0.6 is 0 Å². The third-order valence-corrected chi connectivity index (χ3v) is 8.59. The first-order valence-electron chi connectivity index (χ1n) is 7.94. The molecule has 0 bridgehead atoms. The van der Waals surface area contributed by atoms with Gasteiger partial charge in [-0.1, -0.05) is 52.0 Å². The van der Waals surface area contributed by atoms with Gasteiger partial charge in [0.25, 0.3) is 0 Å². The van der Waals surface area contributed by atoms with E-state index in [0.717, 1.165) is 12.8 Å². The van der Waals surface area contributed by atoms with Gasteiger partial charge < -0.3 is 9.53 Å². The fourth-order valence-electron chi connectivity index (χ4n) is 1.48. The highest BCUT2D eigenvalue weighted by Gasteiger charge is 2.37. The molecule has 0 amide bonds. The first-order chi connectivity index (χ1) is 9.64. The van der Waals surface area contributed by atoms with Crippen molar-refractivity contribution in [2.45, 2.75) is 71.2 Å². The SMILES string of the molecule is C=CC(O)CC/C=C(/C=C/CC)CO[Si](C)(C)C(C)(C)C. The van der Waals surface area contributed by atoms with Crippen LogP contribution in [0.5, 0.6) is 0 Å². The van der Waals surface area contributed by atoms with E-state index in [0.29, 0.717) is 13.0 Å². The summed E-state index contributed by atoms with van der Waals surface area (Å²) in [5.74, 6) is 0. The monoisotopic (exact) mass is 310 g/mol. The summed E-state index contributed by atoms with van der Waals surface area (Å²) < 4.78 is 6.27. The lowest BCUT2D eigenvalue weighted by molar-refractivity contribution is 0.214. The number of rotatable bonds is 9. The molecule has 122 valence electrons.